The molecule has 0 bridgehead atoms. The zero-order valence-electron chi connectivity index (χ0n) is 16.6. The molecular weight excluding hydrogens is 416 g/mol. The molecule has 0 spiro atoms. The van der Waals surface area contributed by atoms with E-state index in [2.05, 4.69) is 5.32 Å². The number of amides is 1. The van der Waals surface area contributed by atoms with Crippen LogP contribution in [0.1, 0.15) is 28.9 Å². The molecule has 1 aromatic carbocycles. The van der Waals surface area contributed by atoms with Crippen LogP contribution in [0.2, 0.25) is 0 Å². The van der Waals surface area contributed by atoms with Crippen molar-refractivity contribution in [2.75, 3.05) is 39.7 Å². The second-order valence-corrected chi connectivity index (χ2v) is 9.27. The number of carbonyl (C=O) groups excluding carboxylic acids is 1. The maximum atomic E-state index is 13.0. The van der Waals surface area contributed by atoms with Gasteiger partial charge in [-0.05, 0) is 24.3 Å². The van der Waals surface area contributed by atoms with E-state index in [-0.39, 0.29) is 9.77 Å². The van der Waals surface area contributed by atoms with Crippen LogP contribution in [0, 0.1) is 0 Å². The number of carbonyl (C=O) groups is 1. The van der Waals surface area contributed by atoms with Crippen LogP contribution in [0.3, 0.4) is 0 Å². The second kappa shape index (κ2) is 9.02. The van der Waals surface area contributed by atoms with Gasteiger partial charge in [-0.3, -0.25) is 4.79 Å². The smallest absolute Gasteiger partial charge is 0.267 e. The average molecular weight is 441 g/mol. The maximum absolute atomic E-state index is 13.0. The number of benzene rings is 1. The second-order valence-electron chi connectivity index (χ2n) is 6.45. The van der Waals surface area contributed by atoms with Crippen molar-refractivity contribution in [3.63, 3.8) is 0 Å². The van der Waals surface area contributed by atoms with Crippen LogP contribution >= 0.6 is 11.3 Å². The van der Waals surface area contributed by atoms with Crippen LogP contribution in [0.25, 0.3) is 0 Å². The van der Waals surface area contributed by atoms with Gasteiger partial charge in [0.1, 0.15) is 9.77 Å². The van der Waals surface area contributed by atoms with Crippen LogP contribution in [-0.4, -0.2) is 53.0 Å². The standard InChI is InChI=1S/C19H24N2O6S2/c1-25-14-11-13(12-15(26-2)17(14)27-3)20-19(22)18-16(7-10-28-18)29(23,24)21-8-5-4-6-9-21/h7,10-12H,4-6,8-9H2,1-3H3,(H,20,22). The molecule has 10 heteroatoms. The highest BCUT2D eigenvalue weighted by atomic mass is 32.2. The van der Waals surface area contributed by atoms with Crippen molar-refractivity contribution in [2.45, 2.75) is 24.2 Å². The molecule has 0 atom stereocenters. The summed E-state index contributed by atoms with van der Waals surface area (Å²) in [5.41, 5.74) is 0.402. The van der Waals surface area contributed by atoms with E-state index in [1.807, 2.05) is 0 Å². The Morgan fingerprint density at radius 3 is 2.21 bits per heavy atom. The molecule has 0 unspecified atom stereocenters. The molecule has 8 nitrogen and oxygen atoms in total. The zero-order valence-corrected chi connectivity index (χ0v) is 18.2. The van der Waals surface area contributed by atoms with E-state index in [1.54, 1.807) is 17.5 Å². The number of anilines is 1. The van der Waals surface area contributed by atoms with E-state index in [0.717, 1.165) is 30.6 Å². The van der Waals surface area contributed by atoms with E-state index < -0.39 is 15.9 Å². The number of nitrogens with one attached hydrogen (secondary N) is 1. The molecule has 0 aliphatic carbocycles. The number of hydrogen-bond acceptors (Lipinski definition) is 7. The molecule has 1 amide bonds. The topological polar surface area (TPSA) is 94.2 Å². The zero-order chi connectivity index (χ0) is 21.0. The van der Waals surface area contributed by atoms with Crippen molar-refractivity contribution >= 4 is 33.0 Å². The molecule has 0 saturated carbocycles. The van der Waals surface area contributed by atoms with Crippen molar-refractivity contribution in [3.8, 4) is 17.2 Å². The average Bonchev–Trinajstić information content (AvgIpc) is 3.24. The van der Waals surface area contributed by atoms with Crippen LogP contribution in [-0.2, 0) is 10.0 Å². The molecule has 1 aromatic heterocycles. The predicted octanol–water partition coefficient (Wildman–Crippen LogP) is 3.20. The SMILES string of the molecule is COc1cc(NC(=O)c2sccc2S(=O)(=O)N2CCCCC2)cc(OC)c1OC. The summed E-state index contributed by atoms with van der Waals surface area (Å²) in [5.74, 6) is 0.659. The Labute approximate surface area is 174 Å². The van der Waals surface area contributed by atoms with Gasteiger partial charge in [0, 0.05) is 30.9 Å². The highest BCUT2D eigenvalue weighted by molar-refractivity contribution is 7.89. The molecular formula is C19H24N2O6S2. The minimum atomic E-state index is -3.71. The Morgan fingerprint density at radius 1 is 1.03 bits per heavy atom. The van der Waals surface area contributed by atoms with E-state index in [1.165, 1.54) is 31.7 Å². The highest BCUT2D eigenvalue weighted by Gasteiger charge is 2.31. The van der Waals surface area contributed by atoms with Crippen LogP contribution < -0.4 is 19.5 Å². The summed E-state index contributed by atoms with van der Waals surface area (Å²) in [6, 6.07) is 4.66. The van der Waals surface area contributed by atoms with Crippen LogP contribution in [0.4, 0.5) is 5.69 Å². The molecule has 158 valence electrons. The number of ether oxygens (including phenoxy) is 3. The van der Waals surface area contributed by atoms with Gasteiger partial charge in [0.05, 0.1) is 21.3 Å². The molecule has 1 N–H and O–H groups in total. The molecule has 0 radical (unpaired) electrons. The van der Waals surface area contributed by atoms with Crippen LogP contribution in [0.15, 0.2) is 28.5 Å². The minimum Gasteiger partial charge on any atom is -0.493 e. The molecule has 2 heterocycles. The first kappa shape index (κ1) is 21.4. The Kier molecular flexibility index (Phi) is 6.66. The van der Waals surface area contributed by atoms with E-state index >= 15 is 0 Å². The summed E-state index contributed by atoms with van der Waals surface area (Å²) in [7, 11) is 0.734. The number of rotatable bonds is 7. The number of nitrogens with zero attached hydrogens (tertiary/aromatic N) is 1. The lowest BCUT2D eigenvalue weighted by Gasteiger charge is -2.25. The van der Waals surface area contributed by atoms with Gasteiger partial charge in [-0.25, -0.2) is 8.42 Å². The largest absolute Gasteiger partial charge is 0.493 e. The molecule has 3 rings (SSSR count). The summed E-state index contributed by atoms with van der Waals surface area (Å²) in [6.07, 6.45) is 2.68. The summed E-state index contributed by atoms with van der Waals surface area (Å²) in [4.78, 5) is 13.1. The van der Waals surface area contributed by atoms with Crippen molar-refractivity contribution in [1.29, 1.82) is 0 Å². The molecule has 1 aliphatic rings. The Hall–Kier alpha value is -2.30. The minimum absolute atomic E-state index is 0.0364. The first-order valence-corrected chi connectivity index (χ1v) is 11.4. The van der Waals surface area contributed by atoms with Gasteiger partial charge in [0.15, 0.2) is 11.5 Å². The Bertz CT molecular complexity index is 955. The first-order chi connectivity index (χ1) is 13.9. The van der Waals surface area contributed by atoms with Crippen molar-refractivity contribution in [3.05, 3.63) is 28.5 Å². The van der Waals surface area contributed by atoms with E-state index in [9.17, 15) is 13.2 Å². The van der Waals surface area contributed by atoms with Crippen molar-refractivity contribution in [1.82, 2.24) is 4.31 Å². The van der Waals surface area contributed by atoms with Gasteiger partial charge >= 0.3 is 0 Å². The number of thiophene rings is 1. The molecule has 1 saturated heterocycles. The molecule has 29 heavy (non-hydrogen) atoms. The van der Waals surface area contributed by atoms with Gasteiger partial charge in [-0.1, -0.05) is 6.42 Å². The van der Waals surface area contributed by atoms with Crippen LogP contribution in [0.5, 0.6) is 17.2 Å². The Balaban J connectivity index is 1.89. The van der Waals surface area contributed by atoms with Gasteiger partial charge in [-0.15, -0.1) is 11.3 Å². The lowest BCUT2D eigenvalue weighted by atomic mass is 10.2. The molecule has 1 fully saturated rings. The third-order valence-corrected chi connectivity index (χ3v) is 7.67. The monoisotopic (exact) mass is 440 g/mol. The quantitative estimate of drug-likeness (QED) is 0.711. The lowest BCUT2D eigenvalue weighted by molar-refractivity contribution is 0.102. The van der Waals surface area contributed by atoms with Gasteiger partial charge in [-0.2, -0.15) is 4.31 Å². The number of methoxy groups -OCH3 is 3. The third-order valence-electron chi connectivity index (χ3n) is 4.69. The van der Waals surface area contributed by atoms with Crippen molar-refractivity contribution in [2.24, 2.45) is 0 Å². The Morgan fingerprint density at radius 2 is 1.66 bits per heavy atom. The third kappa shape index (κ3) is 4.34. The fourth-order valence-electron chi connectivity index (χ4n) is 3.25. The fraction of sp³-hybridized carbons (Fsp3) is 0.421. The first-order valence-electron chi connectivity index (χ1n) is 9.11. The number of hydrogen-bond donors (Lipinski definition) is 1. The lowest BCUT2D eigenvalue weighted by Crippen LogP contribution is -2.36. The van der Waals surface area contributed by atoms with Gasteiger partial charge in [0.25, 0.3) is 5.91 Å². The van der Waals surface area contributed by atoms with Gasteiger partial charge < -0.3 is 19.5 Å². The van der Waals surface area contributed by atoms with E-state index in [4.69, 9.17) is 14.2 Å². The number of sulfonamides is 1. The summed E-state index contributed by atoms with van der Waals surface area (Å²) in [6.45, 7) is 0.957. The maximum Gasteiger partial charge on any atom is 0.267 e. The number of piperidine rings is 1. The van der Waals surface area contributed by atoms with E-state index in [0.29, 0.717) is 36.0 Å². The molecule has 2 aromatic rings. The summed E-state index contributed by atoms with van der Waals surface area (Å²) >= 11 is 1.09. The fourth-order valence-corrected chi connectivity index (χ4v) is 6.06. The summed E-state index contributed by atoms with van der Waals surface area (Å²) in [5, 5.41) is 4.35. The van der Waals surface area contributed by atoms with Crippen molar-refractivity contribution < 1.29 is 27.4 Å². The predicted molar refractivity (Wildman–Crippen MR) is 111 cm³/mol. The molecule has 1 aliphatic heterocycles. The highest BCUT2D eigenvalue weighted by Crippen LogP contribution is 2.40. The normalized spacial score (nSPS) is 15.0. The summed E-state index contributed by atoms with van der Waals surface area (Å²) < 4.78 is 43.3. The van der Waals surface area contributed by atoms with Gasteiger partial charge in [0.2, 0.25) is 15.8 Å².